The maximum Gasteiger partial charge on any atom is 0.266 e. The number of thioether (sulfide) groups is 1. The Bertz CT molecular complexity index is 728. The first-order valence-corrected chi connectivity index (χ1v) is 9.69. The molecule has 3 rings (SSSR count). The van der Waals surface area contributed by atoms with E-state index in [1.165, 1.54) is 22.2 Å². The average Bonchev–Trinajstić information content (AvgIpc) is 2.89. The third-order valence-electron chi connectivity index (χ3n) is 4.11. The van der Waals surface area contributed by atoms with Gasteiger partial charge in [0.05, 0.1) is 18.1 Å². The second-order valence-electron chi connectivity index (χ2n) is 6.13. The molecule has 2 saturated heterocycles. The van der Waals surface area contributed by atoms with Crippen LogP contribution in [0.15, 0.2) is 29.2 Å². The Morgan fingerprint density at radius 3 is 2.69 bits per heavy atom. The molecule has 2 aliphatic rings. The molecule has 1 aromatic rings. The van der Waals surface area contributed by atoms with E-state index in [2.05, 4.69) is 5.43 Å². The standard InChI is InChI=1S/C18H21N3O3S2/c1-13-2-4-14(5-3-13)12-15-17(23)21(18(25)26-15)7-6-16(22)19-20-8-10-24-11-9-20/h2-5,12H,6-11H2,1H3,(H,19,22)/b15-12-. The number of carbonyl (C=O) groups is 2. The van der Waals surface area contributed by atoms with Crippen LogP contribution in [0.1, 0.15) is 17.5 Å². The summed E-state index contributed by atoms with van der Waals surface area (Å²) in [5.74, 6) is -0.261. The third-order valence-corrected chi connectivity index (χ3v) is 5.48. The smallest absolute Gasteiger partial charge is 0.266 e. The van der Waals surface area contributed by atoms with Crippen molar-refractivity contribution in [3.63, 3.8) is 0 Å². The second-order valence-corrected chi connectivity index (χ2v) is 7.80. The predicted octanol–water partition coefficient (Wildman–Crippen LogP) is 1.95. The highest BCUT2D eigenvalue weighted by Crippen LogP contribution is 2.32. The quantitative estimate of drug-likeness (QED) is 0.612. The molecule has 26 heavy (non-hydrogen) atoms. The highest BCUT2D eigenvalue weighted by molar-refractivity contribution is 8.26. The number of thiocarbonyl (C=S) groups is 1. The lowest BCUT2D eigenvalue weighted by molar-refractivity contribution is -0.128. The van der Waals surface area contributed by atoms with Crippen molar-refractivity contribution in [3.8, 4) is 0 Å². The van der Waals surface area contributed by atoms with Crippen LogP contribution in [-0.4, -0.2) is 58.9 Å². The Labute approximate surface area is 162 Å². The van der Waals surface area contributed by atoms with Crippen LogP contribution in [0.5, 0.6) is 0 Å². The lowest BCUT2D eigenvalue weighted by Gasteiger charge is -2.27. The van der Waals surface area contributed by atoms with Crippen molar-refractivity contribution in [3.05, 3.63) is 40.3 Å². The summed E-state index contributed by atoms with van der Waals surface area (Å²) in [5, 5.41) is 1.84. The van der Waals surface area contributed by atoms with E-state index in [-0.39, 0.29) is 24.8 Å². The summed E-state index contributed by atoms with van der Waals surface area (Å²) in [6.07, 6.45) is 2.05. The lowest BCUT2D eigenvalue weighted by atomic mass is 10.1. The zero-order valence-corrected chi connectivity index (χ0v) is 16.2. The SMILES string of the molecule is Cc1ccc(/C=C2\SC(=S)N(CCC(=O)NN3CCOCC3)C2=O)cc1. The number of hydrazine groups is 1. The zero-order valence-electron chi connectivity index (χ0n) is 14.6. The monoisotopic (exact) mass is 391 g/mol. The molecule has 6 nitrogen and oxygen atoms in total. The first-order valence-electron chi connectivity index (χ1n) is 8.47. The summed E-state index contributed by atoms with van der Waals surface area (Å²) in [5.41, 5.74) is 4.97. The molecule has 0 bridgehead atoms. The molecule has 0 aliphatic carbocycles. The van der Waals surface area contributed by atoms with Gasteiger partial charge in [0.2, 0.25) is 5.91 Å². The molecule has 0 unspecified atom stereocenters. The van der Waals surface area contributed by atoms with Crippen molar-refractivity contribution in [1.29, 1.82) is 0 Å². The first-order chi connectivity index (χ1) is 12.5. The predicted molar refractivity (Wildman–Crippen MR) is 106 cm³/mol. The first kappa shape index (κ1) is 19.0. The minimum absolute atomic E-state index is 0.122. The summed E-state index contributed by atoms with van der Waals surface area (Å²) in [7, 11) is 0. The number of amides is 2. The van der Waals surface area contributed by atoms with Gasteiger partial charge in [-0.1, -0.05) is 53.8 Å². The summed E-state index contributed by atoms with van der Waals surface area (Å²) < 4.78 is 5.74. The van der Waals surface area contributed by atoms with Crippen molar-refractivity contribution in [2.45, 2.75) is 13.3 Å². The summed E-state index contributed by atoms with van der Waals surface area (Å²) >= 11 is 6.59. The van der Waals surface area contributed by atoms with Crippen LogP contribution in [0.25, 0.3) is 6.08 Å². The molecule has 1 aromatic carbocycles. The van der Waals surface area contributed by atoms with Crippen molar-refractivity contribution in [2.75, 3.05) is 32.8 Å². The largest absolute Gasteiger partial charge is 0.379 e. The van der Waals surface area contributed by atoms with Gasteiger partial charge in [-0.2, -0.15) is 0 Å². The molecule has 0 aromatic heterocycles. The number of rotatable bonds is 5. The van der Waals surface area contributed by atoms with Gasteiger partial charge >= 0.3 is 0 Å². The number of hydrogen-bond donors (Lipinski definition) is 1. The van der Waals surface area contributed by atoms with E-state index in [9.17, 15) is 9.59 Å². The maximum atomic E-state index is 12.6. The number of carbonyl (C=O) groups excluding carboxylic acids is 2. The topological polar surface area (TPSA) is 61.9 Å². The number of nitrogens with one attached hydrogen (secondary N) is 1. The van der Waals surface area contributed by atoms with Gasteiger partial charge in [-0.25, -0.2) is 5.01 Å². The van der Waals surface area contributed by atoms with Crippen LogP contribution in [0, 0.1) is 6.92 Å². The Balaban J connectivity index is 1.55. The van der Waals surface area contributed by atoms with Gasteiger partial charge in [0.25, 0.3) is 5.91 Å². The number of nitrogens with zero attached hydrogens (tertiary/aromatic N) is 2. The molecule has 2 amide bonds. The van der Waals surface area contributed by atoms with Gasteiger partial charge in [0, 0.05) is 26.1 Å². The molecule has 2 heterocycles. The van der Waals surface area contributed by atoms with Crippen molar-refractivity contribution >= 4 is 46.2 Å². The minimum atomic E-state index is -0.139. The molecular formula is C18H21N3O3S2. The van der Waals surface area contributed by atoms with Crippen LogP contribution in [0.2, 0.25) is 0 Å². The molecule has 8 heteroatoms. The Morgan fingerprint density at radius 2 is 2.00 bits per heavy atom. The molecule has 0 saturated carbocycles. The molecular weight excluding hydrogens is 370 g/mol. The van der Waals surface area contributed by atoms with Gasteiger partial charge in [0.15, 0.2) is 0 Å². The molecule has 0 atom stereocenters. The van der Waals surface area contributed by atoms with E-state index in [1.807, 2.05) is 42.3 Å². The van der Waals surface area contributed by atoms with E-state index >= 15 is 0 Å². The highest BCUT2D eigenvalue weighted by Gasteiger charge is 2.32. The number of aryl methyl sites for hydroxylation is 1. The van der Waals surface area contributed by atoms with Crippen molar-refractivity contribution < 1.29 is 14.3 Å². The summed E-state index contributed by atoms with van der Waals surface area (Å²) in [6, 6.07) is 7.94. The summed E-state index contributed by atoms with van der Waals surface area (Å²) in [6.45, 7) is 4.87. The van der Waals surface area contributed by atoms with Crippen LogP contribution in [-0.2, 0) is 14.3 Å². The molecule has 2 fully saturated rings. The third kappa shape index (κ3) is 4.91. The normalized spacial score (nSPS) is 20.0. The van der Waals surface area contributed by atoms with Crippen molar-refractivity contribution in [1.82, 2.24) is 15.3 Å². The van der Waals surface area contributed by atoms with E-state index in [0.717, 1.165) is 5.56 Å². The zero-order chi connectivity index (χ0) is 18.5. The molecule has 1 N–H and O–H groups in total. The van der Waals surface area contributed by atoms with Gasteiger partial charge < -0.3 is 4.74 Å². The molecule has 0 spiro atoms. The van der Waals surface area contributed by atoms with Gasteiger partial charge in [-0.3, -0.25) is 19.9 Å². The second kappa shape index (κ2) is 8.77. The van der Waals surface area contributed by atoms with Gasteiger partial charge in [-0.15, -0.1) is 0 Å². The Hall–Kier alpha value is -1.74. The number of benzene rings is 1. The fraction of sp³-hybridized carbons (Fsp3) is 0.389. The Kier molecular flexibility index (Phi) is 6.42. The van der Waals surface area contributed by atoms with E-state index in [1.54, 1.807) is 0 Å². The van der Waals surface area contributed by atoms with Crippen LogP contribution in [0.3, 0.4) is 0 Å². The Morgan fingerprint density at radius 1 is 1.31 bits per heavy atom. The highest BCUT2D eigenvalue weighted by atomic mass is 32.2. The van der Waals surface area contributed by atoms with Crippen LogP contribution in [0.4, 0.5) is 0 Å². The number of morpholine rings is 1. The van der Waals surface area contributed by atoms with Gasteiger partial charge in [0.1, 0.15) is 4.32 Å². The molecule has 138 valence electrons. The minimum Gasteiger partial charge on any atom is -0.379 e. The van der Waals surface area contributed by atoms with Crippen LogP contribution < -0.4 is 5.43 Å². The lowest BCUT2D eigenvalue weighted by Crippen LogP contribution is -2.49. The molecule has 2 aliphatic heterocycles. The van der Waals surface area contributed by atoms with Crippen molar-refractivity contribution in [2.24, 2.45) is 0 Å². The fourth-order valence-electron chi connectivity index (χ4n) is 2.63. The maximum absolute atomic E-state index is 12.6. The average molecular weight is 392 g/mol. The summed E-state index contributed by atoms with van der Waals surface area (Å²) in [4.78, 5) is 26.8. The van der Waals surface area contributed by atoms with Crippen LogP contribution >= 0.6 is 24.0 Å². The van der Waals surface area contributed by atoms with E-state index in [0.29, 0.717) is 35.5 Å². The van der Waals surface area contributed by atoms with E-state index < -0.39 is 0 Å². The van der Waals surface area contributed by atoms with E-state index in [4.69, 9.17) is 17.0 Å². The van der Waals surface area contributed by atoms with Gasteiger partial charge in [-0.05, 0) is 18.6 Å². The number of ether oxygens (including phenoxy) is 1. The molecule has 0 radical (unpaired) electrons. The number of hydrogen-bond acceptors (Lipinski definition) is 6. The fourth-order valence-corrected chi connectivity index (χ4v) is 3.94.